The number of hydrogen-bond donors (Lipinski definition) is 0. The van der Waals surface area contributed by atoms with Crippen molar-refractivity contribution in [1.82, 2.24) is 0 Å². The SMILES string of the molecule is CC1(C)c2ccccc2-c2ccc(-c3c4ccccc4c(-c4ccc5c(c4)C(C)(C)c4cc(-c6c7ccccc7c(-c7ccc8c(c7)C(C)(C)c7ccccc7-8)c7ccccc67)ccc4-5)c4ccccc34)cc21. The van der Waals surface area contributed by atoms with E-state index in [4.69, 9.17) is 0 Å². The van der Waals surface area contributed by atoms with E-state index in [0.717, 1.165) is 0 Å². The molecule has 12 aromatic rings. The minimum atomic E-state index is -0.239. The highest BCUT2D eigenvalue weighted by molar-refractivity contribution is 6.23. The van der Waals surface area contributed by atoms with Gasteiger partial charge in [0.15, 0.2) is 0 Å². The van der Waals surface area contributed by atoms with Crippen LogP contribution in [0.3, 0.4) is 0 Å². The van der Waals surface area contributed by atoms with Crippen molar-refractivity contribution in [2.45, 2.75) is 57.8 Å². The Hall–Kier alpha value is -8.32. The summed E-state index contributed by atoms with van der Waals surface area (Å²) < 4.78 is 0. The first-order valence-electron chi connectivity index (χ1n) is 26.2. The maximum absolute atomic E-state index is 2.52. The molecule has 3 aliphatic carbocycles. The van der Waals surface area contributed by atoms with Crippen LogP contribution >= 0.6 is 0 Å². The molecule has 0 saturated carbocycles. The summed E-state index contributed by atoms with van der Waals surface area (Å²) in [6.07, 6.45) is 0. The molecule has 0 heterocycles. The Balaban J connectivity index is 0.862. The van der Waals surface area contributed by atoms with Gasteiger partial charge in [0.1, 0.15) is 0 Å². The second kappa shape index (κ2) is 14.9. The molecule has 0 spiro atoms. The quantitative estimate of drug-likeness (QED) is 0.154. The van der Waals surface area contributed by atoms with Crippen LogP contribution in [0.2, 0.25) is 0 Å². The van der Waals surface area contributed by atoms with Crippen molar-refractivity contribution in [3.8, 4) is 77.9 Å². The molecule has 0 nitrogen and oxygen atoms in total. The zero-order valence-electron chi connectivity index (χ0n) is 42.3. The third-order valence-corrected chi connectivity index (χ3v) is 17.9. The lowest BCUT2D eigenvalue weighted by Gasteiger charge is -2.24. The Morgan fingerprint density at radius 2 is 0.384 bits per heavy atom. The van der Waals surface area contributed by atoms with E-state index in [1.54, 1.807) is 0 Å². The van der Waals surface area contributed by atoms with E-state index < -0.39 is 0 Å². The molecule has 0 fully saturated rings. The lowest BCUT2D eigenvalue weighted by atomic mass is 9.78. The van der Waals surface area contributed by atoms with Gasteiger partial charge in [0.2, 0.25) is 0 Å². The van der Waals surface area contributed by atoms with Crippen molar-refractivity contribution >= 4 is 43.1 Å². The van der Waals surface area contributed by atoms with Crippen LogP contribution in [0.1, 0.15) is 74.9 Å². The molecule has 0 atom stereocenters. The number of fused-ring (bicyclic) bond motifs is 13. The minimum absolute atomic E-state index is 0.0792. The molecule has 0 aliphatic heterocycles. The smallest absolute Gasteiger partial charge is 0.0159 e. The first-order valence-corrected chi connectivity index (χ1v) is 26.2. The molecule has 0 unspecified atom stereocenters. The Labute approximate surface area is 428 Å². The summed E-state index contributed by atoms with van der Waals surface area (Å²) in [5.41, 5.74) is 26.3. The fraction of sp³-hybridized carbons (Fsp3) is 0.123. The maximum atomic E-state index is 2.52. The fourth-order valence-corrected chi connectivity index (χ4v) is 14.3. The molecular weight excluding hydrogens is 877 g/mol. The Bertz CT molecular complexity index is 4000. The number of rotatable bonds is 4. The van der Waals surface area contributed by atoms with Gasteiger partial charge in [-0.1, -0.05) is 236 Å². The highest BCUT2D eigenvalue weighted by Crippen LogP contribution is 2.56. The Kier molecular flexibility index (Phi) is 8.63. The van der Waals surface area contributed by atoms with Gasteiger partial charge in [-0.2, -0.15) is 0 Å². The van der Waals surface area contributed by atoms with Gasteiger partial charge in [0.25, 0.3) is 0 Å². The van der Waals surface area contributed by atoms with Crippen LogP contribution in [0.15, 0.2) is 218 Å². The molecule has 12 aromatic carbocycles. The molecule has 3 aliphatic rings. The van der Waals surface area contributed by atoms with E-state index in [1.807, 2.05) is 0 Å². The van der Waals surface area contributed by atoms with Crippen molar-refractivity contribution in [3.05, 3.63) is 252 Å². The standard InChI is InChI=1S/C73H54/c1-71(2)61-29-17-15-19-47(61)49-35-31-43(39-63(49)71)67-53-21-7-11-25-57(53)69(58-26-12-8-22-54(58)67)45-33-37-51-52-38-34-46(42-66(52)73(5,6)65(51)41-45)70-59-27-13-9-23-55(59)68(56-24-10-14-28-60(56)70)44-32-36-50-48-20-16-18-30-62(48)72(3,4)64(50)40-44/h7-42H,1-6H3. The summed E-state index contributed by atoms with van der Waals surface area (Å²) in [4.78, 5) is 0. The average Bonchev–Trinajstić information content (AvgIpc) is 3.90. The van der Waals surface area contributed by atoms with Crippen LogP contribution in [0, 0.1) is 0 Å². The van der Waals surface area contributed by atoms with Crippen LogP contribution in [0.25, 0.3) is 121 Å². The van der Waals surface area contributed by atoms with Crippen molar-refractivity contribution in [3.63, 3.8) is 0 Å². The molecule has 0 saturated heterocycles. The fourth-order valence-electron chi connectivity index (χ4n) is 14.3. The predicted octanol–water partition coefficient (Wildman–Crippen LogP) is 19.9. The van der Waals surface area contributed by atoms with Crippen LogP contribution in [0.4, 0.5) is 0 Å². The molecule has 0 heteroatoms. The van der Waals surface area contributed by atoms with Crippen molar-refractivity contribution in [2.75, 3.05) is 0 Å². The van der Waals surface area contributed by atoms with Crippen molar-refractivity contribution < 1.29 is 0 Å². The molecule has 346 valence electrons. The summed E-state index contributed by atoms with van der Waals surface area (Å²) in [5.74, 6) is 0. The largest absolute Gasteiger partial charge is 0.0619 e. The van der Waals surface area contributed by atoms with Gasteiger partial charge in [0.05, 0.1) is 0 Å². The third-order valence-electron chi connectivity index (χ3n) is 17.9. The summed E-state index contributed by atoms with van der Waals surface area (Å²) in [5, 5.41) is 10.3. The highest BCUT2D eigenvalue weighted by Gasteiger charge is 2.39. The zero-order valence-corrected chi connectivity index (χ0v) is 42.3. The minimum Gasteiger partial charge on any atom is -0.0619 e. The van der Waals surface area contributed by atoms with Gasteiger partial charge in [-0.15, -0.1) is 0 Å². The third kappa shape index (κ3) is 5.73. The molecule has 15 rings (SSSR count). The first-order chi connectivity index (χ1) is 35.5. The van der Waals surface area contributed by atoms with Gasteiger partial charge in [-0.05, 0) is 179 Å². The van der Waals surface area contributed by atoms with Crippen molar-refractivity contribution in [1.29, 1.82) is 0 Å². The normalized spacial score (nSPS) is 15.0. The molecule has 0 aromatic heterocycles. The van der Waals surface area contributed by atoms with Crippen LogP contribution in [-0.2, 0) is 16.2 Å². The summed E-state index contributed by atoms with van der Waals surface area (Å²) in [6.45, 7) is 14.4. The average molecular weight is 931 g/mol. The maximum Gasteiger partial charge on any atom is 0.0159 e. The molecule has 73 heavy (non-hydrogen) atoms. The lowest BCUT2D eigenvalue weighted by Crippen LogP contribution is -2.15. The van der Waals surface area contributed by atoms with E-state index in [-0.39, 0.29) is 16.2 Å². The van der Waals surface area contributed by atoms with E-state index in [0.29, 0.717) is 0 Å². The van der Waals surface area contributed by atoms with Gasteiger partial charge < -0.3 is 0 Å². The number of hydrogen-bond acceptors (Lipinski definition) is 0. The zero-order chi connectivity index (χ0) is 49.1. The molecule has 0 bridgehead atoms. The Morgan fingerprint density at radius 1 is 0.192 bits per heavy atom. The van der Waals surface area contributed by atoms with E-state index in [1.165, 1.54) is 154 Å². The van der Waals surface area contributed by atoms with E-state index in [9.17, 15) is 0 Å². The van der Waals surface area contributed by atoms with E-state index in [2.05, 4.69) is 260 Å². The van der Waals surface area contributed by atoms with Crippen LogP contribution in [-0.4, -0.2) is 0 Å². The first kappa shape index (κ1) is 42.4. The van der Waals surface area contributed by atoms with Gasteiger partial charge in [-0.3, -0.25) is 0 Å². The lowest BCUT2D eigenvalue weighted by molar-refractivity contribution is 0.660. The van der Waals surface area contributed by atoms with Crippen LogP contribution < -0.4 is 0 Å². The summed E-state index contributed by atoms with van der Waals surface area (Å²) in [7, 11) is 0. The van der Waals surface area contributed by atoms with Gasteiger partial charge in [0, 0.05) is 16.2 Å². The summed E-state index contributed by atoms with van der Waals surface area (Å²) in [6, 6.07) is 83.4. The molecule has 0 N–H and O–H groups in total. The molecule has 0 radical (unpaired) electrons. The highest BCUT2D eigenvalue weighted by atomic mass is 14.4. The number of benzene rings is 12. The molecular formula is C73H54. The predicted molar refractivity (Wildman–Crippen MR) is 311 cm³/mol. The van der Waals surface area contributed by atoms with Gasteiger partial charge in [-0.25, -0.2) is 0 Å². The topological polar surface area (TPSA) is 0 Å². The second-order valence-corrected chi connectivity index (χ2v) is 22.7. The van der Waals surface area contributed by atoms with Crippen LogP contribution in [0.5, 0.6) is 0 Å². The monoisotopic (exact) mass is 930 g/mol. The van der Waals surface area contributed by atoms with E-state index >= 15 is 0 Å². The molecule has 0 amide bonds. The second-order valence-electron chi connectivity index (χ2n) is 22.7. The van der Waals surface area contributed by atoms with Gasteiger partial charge >= 0.3 is 0 Å². The summed E-state index contributed by atoms with van der Waals surface area (Å²) >= 11 is 0. The van der Waals surface area contributed by atoms with Crippen molar-refractivity contribution in [2.24, 2.45) is 0 Å². The Morgan fingerprint density at radius 3 is 0.630 bits per heavy atom.